The van der Waals surface area contributed by atoms with Crippen molar-refractivity contribution in [3.63, 3.8) is 0 Å². The van der Waals surface area contributed by atoms with Gasteiger partial charge in [0.25, 0.3) is 5.56 Å². The molecule has 0 aliphatic carbocycles. The zero-order chi connectivity index (χ0) is 19.2. The largest absolute Gasteiger partial charge is 0.372 e. The molecule has 3 rings (SSSR count). The molecule has 0 aliphatic heterocycles. The number of carbonyl (C=O) groups excluding carboxylic acids is 1. The Morgan fingerprint density at radius 1 is 1.07 bits per heavy atom. The Balaban J connectivity index is 1.62. The van der Waals surface area contributed by atoms with Crippen molar-refractivity contribution in [1.82, 2.24) is 15.0 Å². The first-order chi connectivity index (χ1) is 13.1. The molecule has 0 radical (unpaired) electrons. The Morgan fingerprint density at radius 3 is 2.48 bits per heavy atom. The van der Waals surface area contributed by atoms with E-state index >= 15 is 0 Å². The number of aryl methyl sites for hydroxylation is 1. The first-order valence-electron chi connectivity index (χ1n) is 9.09. The third kappa shape index (κ3) is 4.31. The van der Waals surface area contributed by atoms with Gasteiger partial charge in [-0.2, -0.15) is 0 Å². The number of carbonyl (C=O) groups is 1. The van der Waals surface area contributed by atoms with Gasteiger partial charge in [-0.3, -0.25) is 9.59 Å². The number of nitrogens with zero attached hydrogens (tertiary/aromatic N) is 4. The molecule has 1 N–H and O–H groups in total. The van der Waals surface area contributed by atoms with Crippen LogP contribution in [0.1, 0.15) is 20.3 Å². The average Bonchev–Trinajstić information content (AvgIpc) is 2.70. The first kappa shape index (κ1) is 18.6. The van der Waals surface area contributed by atoms with Crippen molar-refractivity contribution in [2.45, 2.75) is 26.8 Å². The van der Waals surface area contributed by atoms with Crippen LogP contribution in [0.25, 0.3) is 10.9 Å². The third-order valence-corrected chi connectivity index (χ3v) is 4.46. The summed E-state index contributed by atoms with van der Waals surface area (Å²) in [5.41, 5.74) is 2.16. The number of fused-ring (bicyclic) bond motifs is 1. The van der Waals surface area contributed by atoms with Crippen LogP contribution in [-0.2, 0) is 11.3 Å². The highest BCUT2D eigenvalue weighted by molar-refractivity contribution is 5.90. The number of rotatable bonds is 7. The molecule has 0 spiro atoms. The highest BCUT2D eigenvalue weighted by Gasteiger charge is 2.08. The van der Waals surface area contributed by atoms with E-state index in [1.165, 1.54) is 4.68 Å². The Bertz CT molecular complexity index is 978. The number of benzene rings is 2. The van der Waals surface area contributed by atoms with Crippen LogP contribution < -0.4 is 15.8 Å². The van der Waals surface area contributed by atoms with E-state index in [2.05, 4.69) is 34.4 Å². The van der Waals surface area contributed by atoms with Crippen molar-refractivity contribution in [1.29, 1.82) is 0 Å². The summed E-state index contributed by atoms with van der Waals surface area (Å²) < 4.78 is 1.23. The third-order valence-electron chi connectivity index (χ3n) is 4.46. The molecule has 7 nitrogen and oxygen atoms in total. The lowest BCUT2D eigenvalue weighted by molar-refractivity contribution is -0.116. The predicted molar refractivity (Wildman–Crippen MR) is 107 cm³/mol. The maximum absolute atomic E-state index is 12.4. The van der Waals surface area contributed by atoms with Crippen molar-refractivity contribution < 1.29 is 4.79 Å². The smallest absolute Gasteiger partial charge is 0.277 e. The lowest BCUT2D eigenvalue weighted by atomic mass is 10.2. The van der Waals surface area contributed by atoms with Gasteiger partial charge in [-0.25, -0.2) is 4.68 Å². The van der Waals surface area contributed by atoms with Crippen molar-refractivity contribution in [2.24, 2.45) is 0 Å². The minimum Gasteiger partial charge on any atom is -0.372 e. The minimum absolute atomic E-state index is 0.144. The van der Waals surface area contributed by atoms with Crippen molar-refractivity contribution in [3.8, 4) is 0 Å². The van der Waals surface area contributed by atoms with Crippen LogP contribution in [0.3, 0.4) is 0 Å². The number of aromatic nitrogens is 3. The van der Waals surface area contributed by atoms with Crippen LogP contribution in [0.4, 0.5) is 11.4 Å². The van der Waals surface area contributed by atoms with Gasteiger partial charge in [0.15, 0.2) is 0 Å². The quantitative estimate of drug-likeness (QED) is 0.696. The van der Waals surface area contributed by atoms with E-state index in [4.69, 9.17) is 0 Å². The van der Waals surface area contributed by atoms with Gasteiger partial charge >= 0.3 is 0 Å². The number of hydrogen-bond donors (Lipinski definition) is 1. The molecule has 0 atom stereocenters. The molecule has 2 aromatic carbocycles. The second-order valence-corrected chi connectivity index (χ2v) is 6.15. The zero-order valence-electron chi connectivity index (χ0n) is 15.6. The fraction of sp³-hybridized carbons (Fsp3) is 0.300. The summed E-state index contributed by atoms with van der Waals surface area (Å²) in [7, 11) is 0. The summed E-state index contributed by atoms with van der Waals surface area (Å²) in [5.74, 6) is -0.174. The fourth-order valence-electron chi connectivity index (χ4n) is 2.95. The molecule has 0 fully saturated rings. The topological polar surface area (TPSA) is 80.1 Å². The van der Waals surface area contributed by atoms with Gasteiger partial charge < -0.3 is 10.2 Å². The fourth-order valence-corrected chi connectivity index (χ4v) is 2.95. The Hall–Kier alpha value is -3.22. The van der Waals surface area contributed by atoms with E-state index in [1.54, 1.807) is 24.3 Å². The van der Waals surface area contributed by atoms with E-state index in [9.17, 15) is 9.59 Å². The summed E-state index contributed by atoms with van der Waals surface area (Å²) in [6, 6.07) is 14.8. The number of hydrogen-bond acceptors (Lipinski definition) is 5. The Labute approximate surface area is 157 Å². The molecule has 140 valence electrons. The molecule has 1 amide bonds. The van der Waals surface area contributed by atoms with Gasteiger partial charge in [0, 0.05) is 30.9 Å². The van der Waals surface area contributed by atoms with Gasteiger partial charge in [0.05, 0.1) is 11.9 Å². The molecule has 0 aliphatic rings. The maximum atomic E-state index is 12.4. The molecule has 1 heterocycles. The summed E-state index contributed by atoms with van der Waals surface area (Å²) in [6.07, 6.45) is 0.144. The summed E-state index contributed by atoms with van der Waals surface area (Å²) in [5, 5.41) is 11.3. The normalized spacial score (nSPS) is 10.7. The van der Waals surface area contributed by atoms with E-state index in [1.807, 2.05) is 24.3 Å². The molecule has 7 heteroatoms. The van der Waals surface area contributed by atoms with Crippen LogP contribution in [0.2, 0.25) is 0 Å². The predicted octanol–water partition coefficient (Wildman–Crippen LogP) is 2.67. The molecule has 27 heavy (non-hydrogen) atoms. The van der Waals surface area contributed by atoms with Gasteiger partial charge in [0.2, 0.25) is 5.91 Å². The minimum atomic E-state index is -0.239. The first-order valence-corrected chi connectivity index (χ1v) is 9.09. The SMILES string of the molecule is CCN(CC)c1ccc(NC(=O)CCn2nnc3ccccc3c2=O)cc1. The van der Waals surface area contributed by atoms with E-state index in [0.29, 0.717) is 10.9 Å². The summed E-state index contributed by atoms with van der Waals surface area (Å²) in [6.45, 7) is 6.27. The molecule has 0 saturated heterocycles. The van der Waals surface area contributed by atoms with Crippen LogP contribution in [-0.4, -0.2) is 34.0 Å². The average molecular weight is 365 g/mol. The lowest BCUT2D eigenvalue weighted by Crippen LogP contribution is -2.26. The van der Waals surface area contributed by atoms with E-state index < -0.39 is 0 Å². The molecule has 1 aromatic heterocycles. The van der Waals surface area contributed by atoms with Crippen LogP contribution >= 0.6 is 0 Å². The van der Waals surface area contributed by atoms with Gasteiger partial charge in [-0.1, -0.05) is 17.3 Å². The molecular weight excluding hydrogens is 342 g/mol. The molecular formula is C20H23N5O2. The van der Waals surface area contributed by atoms with E-state index in [0.717, 1.165) is 24.5 Å². The highest BCUT2D eigenvalue weighted by atomic mass is 16.2. The van der Waals surface area contributed by atoms with Gasteiger partial charge in [-0.05, 0) is 50.2 Å². The molecule has 0 unspecified atom stereocenters. The van der Waals surface area contributed by atoms with Crippen LogP contribution in [0, 0.1) is 0 Å². The van der Waals surface area contributed by atoms with Crippen molar-refractivity contribution in [3.05, 3.63) is 58.9 Å². The number of nitrogens with one attached hydrogen (secondary N) is 1. The van der Waals surface area contributed by atoms with Crippen LogP contribution in [0.15, 0.2) is 53.3 Å². The van der Waals surface area contributed by atoms with E-state index in [-0.39, 0.29) is 24.4 Å². The Morgan fingerprint density at radius 2 is 1.78 bits per heavy atom. The molecule has 0 saturated carbocycles. The highest BCUT2D eigenvalue weighted by Crippen LogP contribution is 2.17. The Kier molecular flexibility index (Phi) is 5.80. The van der Waals surface area contributed by atoms with Gasteiger partial charge in [-0.15, -0.1) is 5.10 Å². The molecule has 0 bridgehead atoms. The van der Waals surface area contributed by atoms with Crippen molar-refractivity contribution in [2.75, 3.05) is 23.3 Å². The number of anilines is 2. The summed E-state index contributed by atoms with van der Waals surface area (Å²) in [4.78, 5) is 26.8. The van der Waals surface area contributed by atoms with Crippen LogP contribution in [0.5, 0.6) is 0 Å². The maximum Gasteiger partial charge on any atom is 0.277 e. The van der Waals surface area contributed by atoms with Crippen molar-refractivity contribution >= 4 is 28.2 Å². The lowest BCUT2D eigenvalue weighted by Gasteiger charge is -2.21. The zero-order valence-corrected chi connectivity index (χ0v) is 15.6. The summed E-state index contributed by atoms with van der Waals surface area (Å²) >= 11 is 0. The second kappa shape index (κ2) is 8.44. The number of amides is 1. The van der Waals surface area contributed by atoms with Gasteiger partial charge in [0.1, 0.15) is 5.52 Å². The second-order valence-electron chi connectivity index (χ2n) is 6.15. The monoisotopic (exact) mass is 365 g/mol. The standard InChI is InChI=1S/C20H23N5O2/c1-3-24(4-2)16-11-9-15(10-12-16)21-19(26)13-14-25-20(27)17-7-5-6-8-18(17)22-23-25/h5-12H,3-4,13-14H2,1-2H3,(H,21,26). The molecule has 3 aromatic rings.